The van der Waals surface area contributed by atoms with E-state index in [1.54, 1.807) is 0 Å². The van der Waals surface area contributed by atoms with Gasteiger partial charge in [0.25, 0.3) is 0 Å². The van der Waals surface area contributed by atoms with E-state index in [2.05, 4.69) is 17.6 Å². The highest BCUT2D eigenvalue weighted by molar-refractivity contribution is 5.68. The Kier molecular flexibility index (Phi) is 9.67. The first-order chi connectivity index (χ1) is 9.66. The number of hydrogen-bond donors (Lipinski definition) is 2. The lowest BCUT2D eigenvalue weighted by Crippen LogP contribution is -2.51. The molecule has 0 atom stereocenters. The zero-order valence-corrected chi connectivity index (χ0v) is 15.0. The van der Waals surface area contributed by atoms with Gasteiger partial charge in [-0.1, -0.05) is 39.0 Å². The van der Waals surface area contributed by atoms with Crippen molar-refractivity contribution in [2.45, 2.75) is 91.2 Å². The Labute approximate surface area is 131 Å². The van der Waals surface area contributed by atoms with Crippen molar-refractivity contribution in [2.24, 2.45) is 0 Å². The Balaban J connectivity index is 3.70. The predicted molar refractivity (Wildman–Crippen MR) is 89.7 cm³/mol. The predicted octanol–water partition coefficient (Wildman–Crippen LogP) is 4.24. The molecule has 126 valence electrons. The lowest BCUT2D eigenvalue weighted by Gasteiger charge is -2.29. The van der Waals surface area contributed by atoms with E-state index in [0.29, 0.717) is 0 Å². The minimum atomic E-state index is -0.452. The van der Waals surface area contributed by atoms with E-state index in [1.165, 1.54) is 38.5 Å². The maximum Gasteiger partial charge on any atom is 0.408 e. The second kappa shape index (κ2) is 10.0. The van der Waals surface area contributed by atoms with Crippen molar-refractivity contribution in [3.63, 3.8) is 0 Å². The fraction of sp³-hybridized carbons (Fsp3) is 0.941. The molecule has 0 rings (SSSR count). The SMILES string of the molecule is CCCCCCCCNCC(C)(C)NC(=O)OC(C)(C)C. The fourth-order valence-corrected chi connectivity index (χ4v) is 2.06. The highest BCUT2D eigenvalue weighted by Gasteiger charge is 2.23. The van der Waals surface area contributed by atoms with Gasteiger partial charge in [0, 0.05) is 6.54 Å². The summed E-state index contributed by atoms with van der Waals surface area (Å²) >= 11 is 0. The number of rotatable bonds is 10. The highest BCUT2D eigenvalue weighted by atomic mass is 16.6. The molecule has 0 aromatic carbocycles. The lowest BCUT2D eigenvalue weighted by molar-refractivity contribution is 0.0472. The maximum absolute atomic E-state index is 11.7. The summed E-state index contributed by atoms with van der Waals surface area (Å²) in [6.45, 7) is 13.6. The third kappa shape index (κ3) is 13.9. The van der Waals surface area contributed by atoms with Gasteiger partial charge < -0.3 is 15.4 Å². The molecule has 1 amide bonds. The molecule has 0 aromatic rings. The smallest absolute Gasteiger partial charge is 0.408 e. The molecule has 0 bridgehead atoms. The molecule has 21 heavy (non-hydrogen) atoms. The largest absolute Gasteiger partial charge is 0.444 e. The average Bonchev–Trinajstić information content (AvgIpc) is 2.29. The van der Waals surface area contributed by atoms with Gasteiger partial charge in [0.15, 0.2) is 0 Å². The van der Waals surface area contributed by atoms with Crippen LogP contribution < -0.4 is 10.6 Å². The Morgan fingerprint density at radius 1 is 0.952 bits per heavy atom. The van der Waals surface area contributed by atoms with Crippen LogP contribution in [0.1, 0.15) is 80.1 Å². The molecule has 0 saturated heterocycles. The summed E-state index contributed by atoms with van der Waals surface area (Å²) in [4.78, 5) is 11.7. The molecule has 0 unspecified atom stereocenters. The third-order valence-electron chi connectivity index (χ3n) is 3.11. The van der Waals surface area contributed by atoms with Crippen LogP contribution in [-0.4, -0.2) is 30.3 Å². The summed E-state index contributed by atoms with van der Waals surface area (Å²) in [6.07, 6.45) is 7.45. The quantitative estimate of drug-likeness (QED) is 0.593. The molecule has 0 saturated carbocycles. The number of carbonyl (C=O) groups is 1. The molecular formula is C17H36N2O2. The number of alkyl carbamates (subject to hydrolysis) is 1. The molecule has 4 nitrogen and oxygen atoms in total. The van der Waals surface area contributed by atoms with Crippen LogP contribution in [0.3, 0.4) is 0 Å². The van der Waals surface area contributed by atoms with Gasteiger partial charge in [-0.15, -0.1) is 0 Å². The number of hydrogen-bond acceptors (Lipinski definition) is 3. The van der Waals surface area contributed by atoms with Crippen molar-refractivity contribution in [3.05, 3.63) is 0 Å². The van der Waals surface area contributed by atoms with Crippen molar-refractivity contribution < 1.29 is 9.53 Å². The minimum Gasteiger partial charge on any atom is -0.444 e. The molecule has 4 heteroatoms. The van der Waals surface area contributed by atoms with Crippen molar-refractivity contribution in [1.29, 1.82) is 0 Å². The highest BCUT2D eigenvalue weighted by Crippen LogP contribution is 2.09. The Morgan fingerprint density at radius 2 is 1.52 bits per heavy atom. The van der Waals surface area contributed by atoms with Gasteiger partial charge in [-0.3, -0.25) is 0 Å². The van der Waals surface area contributed by atoms with Gasteiger partial charge >= 0.3 is 6.09 Å². The summed E-state index contributed by atoms with van der Waals surface area (Å²) in [5, 5.41) is 6.32. The summed E-state index contributed by atoms with van der Waals surface area (Å²) in [5.41, 5.74) is -0.753. The van der Waals surface area contributed by atoms with Crippen LogP contribution in [-0.2, 0) is 4.74 Å². The van der Waals surface area contributed by atoms with Gasteiger partial charge in [-0.25, -0.2) is 4.79 Å². The minimum absolute atomic E-state index is 0.301. The van der Waals surface area contributed by atoms with Crippen molar-refractivity contribution in [3.8, 4) is 0 Å². The van der Waals surface area contributed by atoms with Crippen LogP contribution in [0.5, 0.6) is 0 Å². The second-order valence-electron chi connectivity index (χ2n) is 7.46. The Hall–Kier alpha value is -0.770. The second-order valence-corrected chi connectivity index (χ2v) is 7.46. The molecule has 0 aliphatic carbocycles. The number of unbranched alkanes of at least 4 members (excludes halogenated alkanes) is 5. The van der Waals surface area contributed by atoms with E-state index in [9.17, 15) is 4.79 Å². The molecule has 0 aliphatic rings. The van der Waals surface area contributed by atoms with E-state index in [0.717, 1.165) is 13.1 Å². The van der Waals surface area contributed by atoms with Crippen molar-refractivity contribution in [1.82, 2.24) is 10.6 Å². The van der Waals surface area contributed by atoms with Crippen LogP contribution in [0.2, 0.25) is 0 Å². The molecule has 0 spiro atoms. The fourth-order valence-electron chi connectivity index (χ4n) is 2.06. The van der Waals surface area contributed by atoms with E-state index in [4.69, 9.17) is 4.74 Å². The lowest BCUT2D eigenvalue weighted by atomic mass is 10.1. The molecule has 0 fully saturated rings. The van der Waals surface area contributed by atoms with E-state index in [1.807, 2.05) is 34.6 Å². The first-order valence-corrected chi connectivity index (χ1v) is 8.38. The molecular weight excluding hydrogens is 264 g/mol. The van der Waals surface area contributed by atoms with Gasteiger partial charge in [0.1, 0.15) is 5.60 Å². The number of nitrogens with one attached hydrogen (secondary N) is 2. The first kappa shape index (κ1) is 20.2. The van der Waals surface area contributed by atoms with Crippen molar-refractivity contribution >= 4 is 6.09 Å². The zero-order chi connectivity index (χ0) is 16.4. The monoisotopic (exact) mass is 300 g/mol. The van der Waals surface area contributed by atoms with Crippen LogP contribution in [0.4, 0.5) is 4.79 Å². The summed E-state index contributed by atoms with van der Waals surface area (Å²) in [7, 11) is 0. The van der Waals surface area contributed by atoms with Crippen molar-refractivity contribution in [2.75, 3.05) is 13.1 Å². The number of ether oxygens (including phenoxy) is 1. The molecule has 0 radical (unpaired) electrons. The third-order valence-corrected chi connectivity index (χ3v) is 3.11. The first-order valence-electron chi connectivity index (χ1n) is 8.38. The molecule has 2 N–H and O–H groups in total. The van der Waals surface area contributed by atoms with E-state index in [-0.39, 0.29) is 11.6 Å². The van der Waals surface area contributed by atoms with Gasteiger partial charge in [-0.05, 0) is 47.6 Å². The zero-order valence-electron chi connectivity index (χ0n) is 15.0. The number of carbonyl (C=O) groups excluding carboxylic acids is 1. The van der Waals surface area contributed by atoms with Gasteiger partial charge in [0.05, 0.1) is 5.54 Å². The maximum atomic E-state index is 11.7. The topological polar surface area (TPSA) is 50.4 Å². The van der Waals surface area contributed by atoms with Crippen LogP contribution in [0.25, 0.3) is 0 Å². The molecule has 0 aromatic heterocycles. The van der Waals surface area contributed by atoms with Crippen LogP contribution >= 0.6 is 0 Å². The van der Waals surface area contributed by atoms with Crippen LogP contribution in [0, 0.1) is 0 Å². The van der Waals surface area contributed by atoms with E-state index >= 15 is 0 Å². The molecule has 0 aliphatic heterocycles. The van der Waals surface area contributed by atoms with Crippen LogP contribution in [0.15, 0.2) is 0 Å². The van der Waals surface area contributed by atoms with Gasteiger partial charge in [0.2, 0.25) is 0 Å². The summed E-state index contributed by atoms with van der Waals surface area (Å²) < 4.78 is 5.28. The Morgan fingerprint density at radius 3 is 2.10 bits per heavy atom. The van der Waals surface area contributed by atoms with Gasteiger partial charge in [-0.2, -0.15) is 0 Å². The number of amides is 1. The Bertz CT molecular complexity index is 283. The summed E-state index contributed by atoms with van der Waals surface area (Å²) in [6, 6.07) is 0. The summed E-state index contributed by atoms with van der Waals surface area (Å²) in [5.74, 6) is 0. The molecule has 0 heterocycles. The average molecular weight is 300 g/mol. The normalized spacial score (nSPS) is 12.3. The standard InChI is InChI=1S/C17H36N2O2/c1-7-8-9-10-11-12-13-18-14-17(5,6)19-15(20)21-16(2,3)4/h18H,7-14H2,1-6H3,(H,19,20). The van der Waals surface area contributed by atoms with E-state index < -0.39 is 5.60 Å².